The SMILES string of the molecule is CC(C)[n+]1c2cc(N(C)C)ccc2cc2ccc(N(C)C)cc21.[Cl-]. The van der Waals surface area contributed by atoms with E-state index < -0.39 is 0 Å². The summed E-state index contributed by atoms with van der Waals surface area (Å²) in [6, 6.07) is 16.1. The Morgan fingerprint density at radius 2 is 1.12 bits per heavy atom. The Hall–Kier alpha value is -2.00. The molecule has 0 unspecified atom stereocenters. The minimum atomic E-state index is 0. The zero-order chi connectivity index (χ0) is 16.7. The first-order valence-electron chi connectivity index (χ1n) is 8.15. The summed E-state index contributed by atoms with van der Waals surface area (Å²) in [6.45, 7) is 4.51. The lowest BCUT2D eigenvalue weighted by atomic mass is 10.1. The van der Waals surface area contributed by atoms with Gasteiger partial charge in [0.2, 0.25) is 11.0 Å². The summed E-state index contributed by atoms with van der Waals surface area (Å²) in [7, 11) is 8.36. The van der Waals surface area contributed by atoms with Crippen LogP contribution in [0.25, 0.3) is 21.8 Å². The molecule has 0 aliphatic carbocycles. The van der Waals surface area contributed by atoms with Crippen LogP contribution in [0.5, 0.6) is 0 Å². The topological polar surface area (TPSA) is 10.4 Å². The number of benzene rings is 2. The molecule has 0 spiro atoms. The van der Waals surface area contributed by atoms with E-state index >= 15 is 0 Å². The highest BCUT2D eigenvalue weighted by atomic mass is 35.5. The number of aromatic nitrogens is 1. The maximum absolute atomic E-state index is 2.45. The molecule has 1 aromatic heterocycles. The zero-order valence-corrected chi connectivity index (χ0v) is 16.1. The first-order chi connectivity index (χ1) is 10.9. The van der Waals surface area contributed by atoms with Gasteiger partial charge in [-0.05, 0) is 44.2 Å². The Morgan fingerprint density at radius 1 is 0.708 bits per heavy atom. The van der Waals surface area contributed by atoms with Gasteiger partial charge < -0.3 is 22.2 Å². The van der Waals surface area contributed by atoms with E-state index in [1.165, 1.54) is 33.2 Å². The molecule has 0 amide bonds. The quantitative estimate of drug-likeness (QED) is 0.519. The summed E-state index contributed by atoms with van der Waals surface area (Å²) in [5.41, 5.74) is 5.04. The van der Waals surface area contributed by atoms with Crippen LogP contribution in [0.15, 0.2) is 42.5 Å². The standard InChI is InChI=1S/C20H26N3.ClH/c1-14(2)23-19-12-17(21(3)4)9-7-15(19)11-16-8-10-18(22(5)6)13-20(16)23;/h7-14H,1-6H3;1H/q+1;/p-1. The lowest BCUT2D eigenvalue weighted by molar-refractivity contribution is -0.666. The van der Waals surface area contributed by atoms with Crippen molar-refractivity contribution in [1.82, 2.24) is 0 Å². The summed E-state index contributed by atoms with van der Waals surface area (Å²) in [5.74, 6) is 0. The van der Waals surface area contributed by atoms with Crippen molar-refractivity contribution in [3.63, 3.8) is 0 Å². The van der Waals surface area contributed by atoms with Gasteiger partial charge >= 0.3 is 0 Å². The van der Waals surface area contributed by atoms with Crippen molar-refractivity contribution in [2.75, 3.05) is 38.0 Å². The molecule has 0 radical (unpaired) electrons. The fraction of sp³-hybridized carbons (Fsp3) is 0.350. The predicted octanol–water partition coefficient (Wildman–Crippen LogP) is 0.997. The molecule has 3 aromatic rings. The first kappa shape index (κ1) is 18.3. The molecule has 0 atom stereocenters. The van der Waals surface area contributed by atoms with Gasteiger partial charge in [-0.3, -0.25) is 0 Å². The third kappa shape index (κ3) is 3.13. The monoisotopic (exact) mass is 343 g/mol. The van der Waals surface area contributed by atoms with Crippen LogP contribution in [-0.4, -0.2) is 28.2 Å². The number of nitrogens with zero attached hydrogens (tertiary/aromatic N) is 3. The van der Waals surface area contributed by atoms with Crippen molar-refractivity contribution in [1.29, 1.82) is 0 Å². The van der Waals surface area contributed by atoms with Gasteiger partial charge in [-0.25, -0.2) is 0 Å². The number of hydrogen-bond donors (Lipinski definition) is 0. The predicted molar refractivity (Wildman–Crippen MR) is 101 cm³/mol. The summed E-state index contributed by atoms with van der Waals surface area (Å²) in [5, 5.41) is 2.57. The van der Waals surface area contributed by atoms with E-state index in [0.717, 1.165) is 0 Å². The van der Waals surface area contributed by atoms with Gasteiger partial charge in [-0.1, -0.05) is 0 Å². The molecular weight excluding hydrogens is 318 g/mol. The zero-order valence-electron chi connectivity index (χ0n) is 15.3. The maximum atomic E-state index is 2.45. The number of anilines is 2. The highest BCUT2D eigenvalue weighted by Gasteiger charge is 2.19. The molecule has 4 heteroatoms. The van der Waals surface area contributed by atoms with E-state index in [-0.39, 0.29) is 12.4 Å². The largest absolute Gasteiger partial charge is 1.00 e. The Labute approximate surface area is 150 Å². The maximum Gasteiger partial charge on any atom is 0.215 e. The van der Waals surface area contributed by atoms with Crippen molar-refractivity contribution < 1.29 is 17.0 Å². The Bertz CT molecular complexity index is 804. The summed E-state index contributed by atoms with van der Waals surface area (Å²) in [4.78, 5) is 4.31. The molecule has 1 heterocycles. The fourth-order valence-electron chi connectivity index (χ4n) is 3.14. The Balaban J connectivity index is 0.00000208. The second-order valence-corrected chi connectivity index (χ2v) is 6.88. The summed E-state index contributed by atoms with van der Waals surface area (Å²) < 4.78 is 2.45. The van der Waals surface area contributed by atoms with Crippen LogP contribution < -0.4 is 26.8 Å². The lowest BCUT2D eigenvalue weighted by Gasteiger charge is -2.16. The number of hydrogen-bond acceptors (Lipinski definition) is 2. The van der Waals surface area contributed by atoms with E-state index in [9.17, 15) is 0 Å². The third-order valence-corrected chi connectivity index (χ3v) is 4.41. The molecule has 0 N–H and O–H groups in total. The first-order valence-corrected chi connectivity index (χ1v) is 8.15. The normalized spacial score (nSPS) is 11.0. The highest BCUT2D eigenvalue weighted by Crippen LogP contribution is 2.26. The molecule has 2 aromatic carbocycles. The summed E-state index contributed by atoms with van der Waals surface area (Å²) >= 11 is 0. The van der Waals surface area contributed by atoms with Crippen LogP contribution in [0.2, 0.25) is 0 Å². The number of fused-ring (bicyclic) bond motifs is 2. The molecule has 0 saturated heterocycles. The fourth-order valence-corrected chi connectivity index (χ4v) is 3.14. The second kappa shape index (κ2) is 6.86. The molecule has 128 valence electrons. The van der Waals surface area contributed by atoms with E-state index in [1.807, 2.05) is 0 Å². The Morgan fingerprint density at radius 3 is 1.46 bits per heavy atom. The number of pyridine rings is 1. The average molecular weight is 344 g/mol. The molecule has 0 fully saturated rings. The van der Waals surface area contributed by atoms with Crippen molar-refractivity contribution in [2.24, 2.45) is 0 Å². The third-order valence-electron chi connectivity index (χ3n) is 4.41. The minimum Gasteiger partial charge on any atom is -1.00 e. The summed E-state index contributed by atoms with van der Waals surface area (Å²) in [6.07, 6.45) is 0. The van der Waals surface area contributed by atoms with Gasteiger partial charge in [0.15, 0.2) is 6.04 Å². The minimum absolute atomic E-state index is 0. The van der Waals surface area contributed by atoms with Crippen LogP contribution in [-0.2, 0) is 0 Å². The van der Waals surface area contributed by atoms with E-state index in [2.05, 4.69) is 98.9 Å². The Kier molecular flexibility index (Phi) is 5.24. The molecule has 0 aliphatic rings. The van der Waals surface area contributed by atoms with Crippen molar-refractivity contribution in [3.8, 4) is 0 Å². The number of halogens is 1. The van der Waals surface area contributed by atoms with Gasteiger partial charge in [0.25, 0.3) is 0 Å². The van der Waals surface area contributed by atoms with E-state index in [1.54, 1.807) is 0 Å². The number of rotatable bonds is 3. The molecular formula is C20H26ClN3. The van der Waals surface area contributed by atoms with Crippen LogP contribution in [0.1, 0.15) is 19.9 Å². The second-order valence-electron chi connectivity index (χ2n) is 6.88. The van der Waals surface area contributed by atoms with Gasteiger partial charge in [-0.2, -0.15) is 4.57 Å². The van der Waals surface area contributed by atoms with Gasteiger partial charge in [0, 0.05) is 62.5 Å². The van der Waals surface area contributed by atoms with Crippen LogP contribution in [0.3, 0.4) is 0 Å². The smallest absolute Gasteiger partial charge is 0.215 e. The van der Waals surface area contributed by atoms with Crippen molar-refractivity contribution in [2.45, 2.75) is 19.9 Å². The van der Waals surface area contributed by atoms with E-state index in [0.29, 0.717) is 6.04 Å². The van der Waals surface area contributed by atoms with Crippen LogP contribution >= 0.6 is 0 Å². The lowest BCUT2D eigenvalue weighted by Crippen LogP contribution is -3.00. The van der Waals surface area contributed by atoms with Gasteiger partial charge in [0.1, 0.15) is 0 Å². The van der Waals surface area contributed by atoms with Crippen molar-refractivity contribution in [3.05, 3.63) is 42.5 Å². The van der Waals surface area contributed by atoms with E-state index in [4.69, 9.17) is 0 Å². The highest BCUT2D eigenvalue weighted by molar-refractivity contribution is 5.91. The van der Waals surface area contributed by atoms with Crippen LogP contribution in [0.4, 0.5) is 11.4 Å². The molecule has 24 heavy (non-hydrogen) atoms. The molecule has 0 bridgehead atoms. The van der Waals surface area contributed by atoms with Gasteiger partial charge in [0.05, 0.1) is 0 Å². The molecule has 3 nitrogen and oxygen atoms in total. The van der Waals surface area contributed by atoms with Crippen molar-refractivity contribution >= 4 is 33.2 Å². The molecule has 0 aliphatic heterocycles. The van der Waals surface area contributed by atoms with Crippen LogP contribution in [0, 0.1) is 0 Å². The molecule has 3 rings (SSSR count). The average Bonchev–Trinajstić information content (AvgIpc) is 2.50. The molecule has 0 saturated carbocycles. The van der Waals surface area contributed by atoms with Gasteiger partial charge in [-0.15, -0.1) is 0 Å².